The topological polar surface area (TPSA) is 37.4 Å². The molecular weight excluding hydrogens is 373 g/mol. The molecule has 0 radical (unpaired) electrons. The third kappa shape index (κ3) is 3.91. The minimum atomic E-state index is -3.45. The molecule has 0 spiro atoms. The fourth-order valence-corrected chi connectivity index (χ4v) is 5.93. The van der Waals surface area contributed by atoms with Crippen molar-refractivity contribution in [1.29, 1.82) is 0 Å². The lowest BCUT2D eigenvalue weighted by molar-refractivity contribution is 0.276. The summed E-state index contributed by atoms with van der Waals surface area (Å²) in [7, 11) is -3.45. The van der Waals surface area contributed by atoms with Crippen molar-refractivity contribution in [3.8, 4) is 0 Å². The second kappa shape index (κ2) is 7.11. The molecule has 0 amide bonds. The number of sulfone groups is 1. The molecule has 3 rings (SSSR count). The van der Waals surface area contributed by atoms with Crippen LogP contribution in [0.1, 0.15) is 23.8 Å². The van der Waals surface area contributed by atoms with Gasteiger partial charge in [-0.25, -0.2) is 8.42 Å². The predicted molar refractivity (Wildman–Crippen MR) is 96.4 cm³/mol. The summed E-state index contributed by atoms with van der Waals surface area (Å²) in [6.07, 6.45) is 2.18. The normalized spacial score (nSPS) is 19.3. The first-order valence-corrected chi connectivity index (χ1v) is 10.7. The predicted octanol–water partition coefficient (Wildman–Crippen LogP) is 4.67. The lowest BCUT2D eigenvalue weighted by Gasteiger charge is -2.23. The van der Waals surface area contributed by atoms with Crippen LogP contribution in [0, 0.1) is 0 Å². The van der Waals surface area contributed by atoms with Gasteiger partial charge in [0.15, 0.2) is 9.84 Å². The number of nitrogens with zero attached hydrogens (tertiary/aromatic N) is 1. The van der Waals surface area contributed by atoms with Crippen LogP contribution in [0.4, 0.5) is 0 Å². The molecule has 1 saturated heterocycles. The minimum Gasteiger partial charge on any atom is -0.294 e. The molecule has 7 heteroatoms. The van der Waals surface area contributed by atoms with Gasteiger partial charge in [0.25, 0.3) is 0 Å². The molecule has 0 bridgehead atoms. The summed E-state index contributed by atoms with van der Waals surface area (Å²) in [4.78, 5) is 3.68. The Morgan fingerprint density at radius 1 is 1.26 bits per heavy atom. The van der Waals surface area contributed by atoms with E-state index < -0.39 is 9.84 Å². The van der Waals surface area contributed by atoms with E-state index in [1.54, 1.807) is 17.4 Å². The van der Waals surface area contributed by atoms with Crippen LogP contribution < -0.4 is 0 Å². The molecule has 1 aliphatic heterocycles. The highest BCUT2D eigenvalue weighted by Gasteiger charge is 2.28. The number of thiophene rings is 1. The number of hydrogen-bond donors (Lipinski definition) is 0. The molecule has 124 valence electrons. The average Bonchev–Trinajstić information content (AvgIpc) is 3.17. The van der Waals surface area contributed by atoms with Crippen LogP contribution in [0.25, 0.3) is 0 Å². The van der Waals surface area contributed by atoms with E-state index in [0.29, 0.717) is 17.6 Å². The molecule has 1 aliphatic rings. The number of halogens is 2. The average molecular weight is 390 g/mol. The highest BCUT2D eigenvalue weighted by Crippen LogP contribution is 2.34. The van der Waals surface area contributed by atoms with Crippen LogP contribution in [0.3, 0.4) is 0 Å². The van der Waals surface area contributed by atoms with Crippen LogP contribution in [0.15, 0.2) is 40.6 Å². The summed E-state index contributed by atoms with van der Waals surface area (Å²) in [5.41, 5.74) is 0. The van der Waals surface area contributed by atoms with Gasteiger partial charge in [-0.15, -0.1) is 11.3 Å². The molecule has 2 heterocycles. The summed E-state index contributed by atoms with van der Waals surface area (Å²) < 4.78 is 25.2. The first-order chi connectivity index (χ1) is 11.0. The van der Waals surface area contributed by atoms with Crippen molar-refractivity contribution < 1.29 is 8.42 Å². The molecule has 23 heavy (non-hydrogen) atoms. The van der Waals surface area contributed by atoms with Gasteiger partial charge in [-0.05, 0) is 49.0 Å². The molecule has 0 aliphatic carbocycles. The standard InChI is InChI=1S/C16H17Cl2NO2S2/c17-12-5-6-13(18)16(11-12)23(20,21)10-8-19-7-1-3-14(19)15-4-2-9-22-15/h2,4-6,9,11,14H,1,3,7-8,10H2/t14-/m1/s1. The van der Waals surface area contributed by atoms with Crippen LogP contribution in [0.2, 0.25) is 10.0 Å². The monoisotopic (exact) mass is 389 g/mol. The number of benzene rings is 1. The lowest BCUT2D eigenvalue weighted by Crippen LogP contribution is -2.29. The maximum absolute atomic E-state index is 12.6. The molecule has 1 aromatic carbocycles. The van der Waals surface area contributed by atoms with E-state index in [4.69, 9.17) is 23.2 Å². The van der Waals surface area contributed by atoms with E-state index in [1.807, 2.05) is 6.07 Å². The van der Waals surface area contributed by atoms with Crippen molar-refractivity contribution in [3.05, 3.63) is 50.6 Å². The first-order valence-electron chi connectivity index (χ1n) is 7.42. The molecule has 2 aromatic rings. The van der Waals surface area contributed by atoms with E-state index >= 15 is 0 Å². The zero-order chi connectivity index (χ0) is 16.4. The Morgan fingerprint density at radius 3 is 2.83 bits per heavy atom. The van der Waals surface area contributed by atoms with Gasteiger partial charge in [-0.3, -0.25) is 4.90 Å². The van der Waals surface area contributed by atoms with Gasteiger partial charge >= 0.3 is 0 Å². The van der Waals surface area contributed by atoms with Crippen LogP contribution in [-0.2, 0) is 9.84 Å². The van der Waals surface area contributed by atoms with Gasteiger partial charge in [0, 0.05) is 22.5 Å². The van der Waals surface area contributed by atoms with Gasteiger partial charge in [-0.1, -0.05) is 29.3 Å². The van der Waals surface area contributed by atoms with E-state index in [-0.39, 0.29) is 15.7 Å². The van der Waals surface area contributed by atoms with Crippen LogP contribution in [0.5, 0.6) is 0 Å². The Kier molecular flexibility index (Phi) is 5.33. The van der Waals surface area contributed by atoms with Gasteiger partial charge < -0.3 is 0 Å². The molecule has 0 N–H and O–H groups in total. The lowest BCUT2D eigenvalue weighted by atomic mass is 10.2. The zero-order valence-electron chi connectivity index (χ0n) is 12.4. The Morgan fingerprint density at radius 2 is 2.09 bits per heavy atom. The Balaban J connectivity index is 1.73. The Hall–Kier alpha value is -0.590. The van der Waals surface area contributed by atoms with Crippen molar-refractivity contribution in [1.82, 2.24) is 4.90 Å². The number of rotatable bonds is 5. The van der Waals surface area contributed by atoms with Crippen molar-refractivity contribution in [2.24, 2.45) is 0 Å². The van der Waals surface area contributed by atoms with E-state index in [0.717, 1.165) is 19.4 Å². The summed E-state index contributed by atoms with van der Waals surface area (Å²) in [5.74, 6) is 0.0505. The fraction of sp³-hybridized carbons (Fsp3) is 0.375. The van der Waals surface area contributed by atoms with E-state index in [2.05, 4.69) is 16.3 Å². The SMILES string of the molecule is O=S(=O)(CCN1CCC[C@@H]1c1cccs1)c1cc(Cl)ccc1Cl. The van der Waals surface area contributed by atoms with Crippen molar-refractivity contribution in [2.45, 2.75) is 23.8 Å². The number of hydrogen-bond acceptors (Lipinski definition) is 4. The third-order valence-corrected chi connectivity index (χ3v) is 7.49. The molecule has 0 saturated carbocycles. The van der Waals surface area contributed by atoms with E-state index in [9.17, 15) is 8.42 Å². The molecule has 1 fully saturated rings. The third-order valence-electron chi connectivity index (χ3n) is 4.11. The maximum Gasteiger partial charge on any atom is 0.181 e. The molecule has 0 unspecified atom stereocenters. The Labute approximate surface area is 150 Å². The highest BCUT2D eigenvalue weighted by atomic mass is 35.5. The molecular formula is C16H17Cl2NO2S2. The quantitative estimate of drug-likeness (QED) is 0.745. The minimum absolute atomic E-state index is 0.0505. The van der Waals surface area contributed by atoms with Gasteiger partial charge in [0.1, 0.15) is 0 Å². The van der Waals surface area contributed by atoms with Crippen molar-refractivity contribution in [2.75, 3.05) is 18.8 Å². The summed E-state index contributed by atoms with van der Waals surface area (Å²) in [5, 5.41) is 2.67. The molecule has 3 nitrogen and oxygen atoms in total. The molecule has 1 atom stereocenters. The highest BCUT2D eigenvalue weighted by molar-refractivity contribution is 7.91. The van der Waals surface area contributed by atoms with Gasteiger partial charge in [0.2, 0.25) is 0 Å². The fourth-order valence-electron chi connectivity index (χ4n) is 2.96. The van der Waals surface area contributed by atoms with Crippen molar-refractivity contribution in [3.63, 3.8) is 0 Å². The maximum atomic E-state index is 12.6. The molecule has 1 aromatic heterocycles. The first kappa shape index (κ1) is 17.2. The van der Waals surface area contributed by atoms with Gasteiger partial charge in [0.05, 0.1) is 15.7 Å². The van der Waals surface area contributed by atoms with Crippen LogP contribution >= 0.6 is 34.5 Å². The largest absolute Gasteiger partial charge is 0.294 e. The second-order valence-electron chi connectivity index (χ2n) is 5.60. The van der Waals surface area contributed by atoms with Crippen molar-refractivity contribution >= 4 is 44.4 Å². The van der Waals surface area contributed by atoms with Gasteiger partial charge in [-0.2, -0.15) is 0 Å². The summed E-state index contributed by atoms with van der Waals surface area (Å²) in [6.45, 7) is 1.44. The van der Waals surface area contributed by atoms with E-state index in [1.165, 1.54) is 17.0 Å². The van der Waals surface area contributed by atoms with Crippen LogP contribution in [-0.4, -0.2) is 32.2 Å². The summed E-state index contributed by atoms with van der Waals surface area (Å²) >= 11 is 13.7. The number of likely N-dealkylation sites (tertiary alicyclic amines) is 1. The summed E-state index contributed by atoms with van der Waals surface area (Å²) in [6, 6.07) is 9.05. The smallest absolute Gasteiger partial charge is 0.181 e. The zero-order valence-corrected chi connectivity index (χ0v) is 15.6. The Bertz CT molecular complexity index is 775. The second-order valence-corrected chi connectivity index (χ2v) is 9.50.